The van der Waals surface area contributed by atoms with Gasteiger partial charge in [-0.15, -0.1) is 0 Å². The van der Waals surface area contributed by atoms with Gasteiger partial charge >= 0.3 is 17.9 Å². The van der Waals surface area contributed by atoms with Crippen LogP contribution in [0.5, 0.6) is 0 Å². The monoisotopic (exact) mass is 919 g/mol. The molecule has 0 aromatic heterocycles. The van der Waals surface area contributed by atoms with Gasteiger partial charge in [-0.2, -0.15) is 0 Å². The van der Waals surface area contributed by atoms with Gasteiger partial charge in [0.15, 0.2) is 12.1 Å². The maximum absolute atomic E-state index is 12.8. The van der Waals surface area contributed by atoms with Crippen LogP contribution in [-0.2, 0) is 28.6 Å². The third-order valence-corrected chi connectivity index (χ3v) is 12.8. The molecule has 0 amide bonds. The third-order valence-electron chi connectivity index (χ3n) is 12.8. The molecule has 0 aliphatic carbocycles. The third kappa shape index (κ3) is 46.7. The molecule has 0 rings (SSSR count). The number of carbonyl (C=O) groups is 3. The van der Waals surface area contributed by atoms with Crippen LogP contribution in [0.3, 0.4) is 0 Å². The Morgan fingerprint density at radius 3 is 1.11 bits per heavy atom. The zero-order valence-electron chi connectivity index (χ0n) is 43.7. The Morgan fingerprint density at radius 1 is 0.446 bits per heavy atom. The molecule has 65 heavy (non-hydrogen) atoms. The highest BCUT2D eigenvalue weighted by molar-refractivity contribution is 5.72. The smallest absolute Gasteiger partial charge is 0.362 e. The highest BCUT2D eigenvalue weighted by atomic mass is 16.6. The molecule has 2 atom stereocenters. The van der Waals surface area contributed by atoms with Crippen LogP contribution in [0.25, 0.3) is 0 Å². The highest BCUT2D eigenvalue weighted by Gasteiger charge is 2.31. The fourth-order valence-electron chi connectivity index (χ4n) is 8.50. The largest absolute Gasteiger partial charge is 0.477 e. The summed E-state index contributed by atoms with van der Waals surface area (Å²) in [7, 11) is 5.55. The normalized spacial score (nSPS) is 12.9. The topological polar surface area (TPSA) is 99.1 Å². The molecule has 8 nitrogen and oxygen atoms in total. The van der Waals surface area contributed by atoms with Crippen LogP contribution in [0.4, 0.5) is 0 Å². The number of nitrogens with zero attached hydrogens (tertiary/aromatic N) is 1. The van der Waals surface area contributed by atoms with E-state index in [-0.39, 0.29) is 36.2 Å². The van der Waals surface area contributed by atoms with Crippen LogP contribution in [0.1, 0.15) is 271 Å². The summed E-state index contributed by atoms with van der Waals surface area (Å²) >= 11 is 0. The molecule has 382 valence electrons. The van der Waals surface area contributed by atoms with Gasteiger partial charge in [-0.1, -0.05) is 212 Å². The van der Waals surface area contributed by atoms with Crippen molar-refractivity contribution in [1.29, 1.82) is 0 Å². The number of carboxylic acid groups (broad SMARTS) is 1. The van der Waals surface area contributed by atoms with Crippen molar-refractivity contribution in [3.8, 4) is 0 Å². The second-order valence-electron chi connectivity index (χ2n) is 20.2. The van der Waals surface area contributed by atoms with Crippen molar-refractivity contribution in [2.75, 3.05) is 41.0 Å². The van der Waals surface area contributed by atoms with E-state index >= 15 is 0 Å². The van der Waals surface area contributed by atoms with Gasteiger partial charge in [-0.25, -0.2) is 4.79 Å². The Morgan fingerprint density at radius 2 is 0.769 bits per heavy atom. The number of aliphatic carboxylic acids is 1. The van der Waals surface area contributed by atoms with Crippen LogP contribution in [0.2, 0.25) is 0 Å². The predicted octanol–water partition coefficient (Wildman–Crippen LogP) is 16.4. The van der Waals surface area contributed by atoms with Crippen molar-refractivity contribution < 1.29 is 38.2 Å². The van der Waals surface area contributed by atoms with Gasteiger partial charge in [-0.05, 0) is 64.2 Å². The number of allylic oxidation sites excluding steroid dienone is 4. The molecule has 0 heterocycles. The number of hydrogen-bond acceptors (Lipinski definition) is 6. The van der Waals surface area contributed by atoms with E-state index in [1.807, 2.05) is 21.1 Å². The Bertz CT molecular complexity index is 1120. The van der Waals surface area contributed by atoms with E-state index in [0.717, 1.165) is 38.5 Å². The summed E-state index contributed by atoms with van der Waals surface area (Å²) in [5.74, 6) is -1.46. The van der Waals surface area contributed by atoms with Gasteiger partial charge in [0.2, 0.25) is 0 Å². The lowest BCUT2D eigenvalue weighted by molar-refractivity contribution is -0.887. The molecule has 0 aromatic rings. The molecule has 0 aliphatic rings. The lowest BCUT2D eigenvalue weighted by atomic mass is 10.0. The van der Waals surface area contributed by atoms with Crippen molar-refractivity contribution in [1.82, 2.24) is 0 Å². The van der Waals surface area contributed by atoms with E-state index in [9.17, 15) is 19.5 Å². The first kappa shape index (κ1) is 62.8. The number of likely N-dealkylation sites (N-methyl/N-ethyl adjacent to an activating group) is 1. The minimum atomic E-state index is -0.873. The van der Waals surface area contributed by atoms with E-state index in [0.29, 0.717) is 19.3 Å². The Balaban J connectivity index is 4.18. The average Bonchev–Trinajstić information content (AvgIpc) is 3.27. The standard InChI is InChI=1S/C57H107NO7/c1-6-8-10-12-14-16-18-20-22-24-26-27-28-30-31-33-35-37-39-41-43-45-47-55(59)64-52-53(51-63-50-49-54(57(61)62)58(3,4)5)65-56(60)48-46-44-42-40-38-36-34-32-29-25-23-21-19-17-15-13-11-9-7-2/h25,28-30,53-54H,6-24,26-27,31-52H2,1-5H3/p+1/b29-25+,30-28+. The van der Waals surface area contributed by atoms with E-state index in [4.69, 9.17) is 14.2 Å². The molecule has 8 heteroatoms. The number of carboxylic acids is 1. The van der Waals surface area contributed by atoms with Gasteiger partial charge < -0.3 is 23.8 Å². The fraction of sp³-hybridized carbons (Fsp3) is 0.877. The molecule has 1 N–H and O–H groups in total. The summed E-state index contributed by atoms with van der Waals surface area (Å²) in [6.45, 7) is 4.78. The SMILES string of the molecule is CCCCCCCCCC/C=C/CCCCCCCCCC(=O)OC(COCCC(C(=O)O)[N+](C)(C)C)COC(=O)CCCCCCCCC/C=C/CCCCCCCCCCCCC. The Hall–Kier alpha value is -2.19. The maximum Gasteiger partial charge on any atom is 0.362 e. The lowest BCUT2D eigenvalue weighted by Gasteiger charge is -2.31. The zero-order chi connectivity index (χ0) is 47.7. The minimum absolute atomic E-state index is 0.0512. The van der Waals surface area contributed by atoms with Crippen LogP contribution in [0, 0.1) is 0 Å². The Labute approximate surface area is 402 Å². The number of quaternary nitrogens is 1. The quantitative estimate of drug-likeness (QED) is 0.0281. The van der Waals surface area contributed by atoms with Gasteiger partial charge in [0.25, 0.3) is 0 Å². The van der Waals surface area contributed by atoms with Crippen molar-refractivity contribution in [2.24, 2.45) is 0 Å². The molecule has 0 fully saturated rings. The van der Waals surface area contributed by atoms with E-state index < -0.39 is 18.1 Å². The van der Waals surface area contributed by atoms with Gasteiger partial charge in [0, 0.05) is 19.3 Å². The minimum Gasteiger partial charge on any atom is -0.477 e. The number of unbranched alkanes of at least 4 members (excludes halogenated alkanes) is 33. The molecule has 0 aromatic carbocycles. The zero-order valence-corrected chi connectivity index (χ0v) is 43.7. The molecule has 0 radical (unpaired) electrons. The molecule has 0 spiro atoms. The molecule has 2 unspecified atom stereocenters. The number of ether oxygens (including phenoxy) is 3. The first-order valence-corrected chi connectivity index (χ1v) is 27.9. The van der Waals surface area contributed by atoms with Crippen molar-refractivity contribution in [2.45, 2.75) is 283 Å². The summed E-state index contributed by atoms with van der Waals surface area (Å²) in [5.41, 5.74) is 0. The van der Waals surface area contributed by atoms with Crippen LogP contribution < -0.4 is 0 Å². The van der Waals surface area contributed by atoms with Gasteiger partial charge in [0.1, 0.15) is 6.61 Å². The van der Waals surface area contributed by atoms with Gasteiger partial charge in [0.05, 0.1) is 34.4 Å². The first-order valence-electron chi connectivity index (χ1n) is 27.9. The van der Waals surface area contributed by atoms with Crippen LogP contribution >= 0.6 is 0 Å². The molecule has 0 saturated carbocycles. The summed E-state index contributed by atoms with van der Waals surface area (Å²) in [5, 5.41) is 9.67. The number of rotatable bonds is 51. The molecule has 0 aliphatic heterocycles. The molecular weight excluding hydrogens is 811 g/mol. The number of esters is 2. The Kier molecular flexibility index (Phi) is 46.6. The van der Waals surface area contributed by atoms with E-state index in [1.54, 1.807) is 0 Å². The van der Waals surface area contributed by atoms with E-state index in [2.05, 4.69) is 38.2 Å². The van der Waals surface area contributed by atoms with Crippen molar-refractivity contribution in [3.63, 3.8) is 0 Å². The van der Waals surface area contributed by atoms with E-state index in [1.165, 1.54) is 199 Å². The maximum atomic E-state index is 12.8. The second kappa shape index (κ2) is 48.3. The van der Waals surface area contributed by atoms with Crippen LogP contribution in [-0.4, -0.2) is 80.6 Å². The summed E-state index contributed by atoms with van der Waals surface area (Å²) in [6, 6.07) is -0.615. The predicted molar refractivity (Wildman–Crippen MR) is 275 cm³/mol. The average molecular weight is 919 g/mol. The molecular formula is C57H108NO7+. The van der Waals surface area contributed by atoms with Crippen molar-refractivity contribution >= 4 is 17.9 Å². The summed E-state index contributed by atoms with van der Waals surface area (Å²) < 4.78 is 17.4. The first-order chi connectivity index (χ1) is 31.6. The summed E-state index contributed by atoms with van der Waals surface area (Å²) in [4.78, 5) is 37.2. The lowest BCUT2D eigenvalue weighted by Crippen LogP contribution is -2.50. The van der Waals surface area contributed by atoms with Gasteiger partial charge in [-0.3, -0.25) is 9.59 Å². The number of hydrogen-bond donors (Lipinski definition) is 1. The highest BCUT2D eigenvalue weighted by Crippen LogP contribution is 2.16. The molecule has 0 saturated heterocycles. The summed E-state index contributed by atoms with van der Waals surface area (Å²) in [6.07, 6.45) is 56.6. The number of carbonyl (C=O) groups excluding carboxylic acids is 2. The van der Waals surface area contributed by atoms with Crippen molar-refractivity contribution in [3.05, 3.63) is 24.3 Å². The second-order valence-corrected chi connectivity index (χ2v) is 20.2. The fourth-order valence-corrected chi connectivity index (χ4v) is 8.50. The van der Waals surface area contributed by atoms with Crippen LogP contribution in [0.15, 0.2) is 24.3 Å². The molecule has 0 bridgehead atoms.